The van der Waals surface area contributed by atoms with E-state index in [1.165, 1.54) is 0 Å². The Labute approximate surface area is 121 Å². The first-order valence-corrected chi connectivity index (χ1v) is 7.21. The van der Waals surface area contributed by atoms with Gasteiger partial charge in [-0.25, -0.2) is 0 Å². The van der Waals surface area contributed by atoms with Crippen LogP contribution in [0.4, 0.5) is 0 Å². The van der Waals surface area contributed by atoms with E-state index in [1.807, 2.05) is 24.3 Å². The first-order valence-electron chi connectivity index (χ1n) is 7.21. The van der Waals surface area contributed by atoms with Gasteiger partial charge in [0, 0.05) is 6.54 Å². The Bertz CT molecular complexity index is 418. The zero-order valence-corrected chi connectivity index (χ0v) is 12.6. The molecule has 0 bridgehead atoms. The number of rotatable bonds is 8. The largest absolute Gasteiger partial charge is 0.483 e. The van der Waals surface area contributed by atoms with E-state index < -0.39 is 6.10 Å². The molecule has 4 nitrogen and oxygen atoms in total. The predicted molar refractivity (Wildman–Crippen MR) is 80.0 cm³/mol. The van der Waals surface area contributed by atoms with Crippen LogP contribution in [0.15, 0.2) is 24.3 Å². The van der Waals surface area contributed by atoms with Crippen LogP contribution in [0.2, 0.25) is 0 Å². The van der Waals surface area contributed by atoms with E-state index in [1.54, 1.807) is 6.92 Å². The third-order valence-electron chi connectivity index (χ3n) is 3.31. The van der Waals surface area contributed by atoms with Crippen LogP contribution in [0.5, 0.6) is 5.75 Å². The summed E-state index contributed by atoms with van der Waals surface area (Å²) < 4.78 is 5.60. The van der Waals surface area contributed by atoms with Crippen LogP contribution in [0.1, 0.15) is 45.1 Å². The van der Waals surface area contributed by atoms with E-state index in [-0.39, 0.29) is 12.5 Å². The summed E-state index contributed by atoms with van der Waals surface area (Å²) in [5, 5.41) is 11.8. The van der Waals surface area contributed by atoms with Gasteiger partial charge in [0.2, 0.25) is 0 Å². The minimum absolute atomic E-state index is 0.00720. The number of amides is 1. The van der Waals surface area contributed by atoms with E-state index in [2.05, 4.69) is 19.2 Å². The van der Waals surface area contributed by atoms with Crippen LogP contribution in [-0.4, -0.2) is 30.3 Å². The molecule has 2 N–H and O–H groups in total. The van der Waals surface area contributed by atoms with Gasteiger partial charge in [-0.2, -0.15) is 0 Å². The predicted octanol–water partition coefficient (Wildman–Crippen LogP) is 2.47. The molecular formula is C16H25NO3. The highest BCUT2D eigenvalue weighted by Crippen LogP contribution is 2.28. The first kappa shape index (κ1) is 16.5. The van der Waals surface area contributed by atoms with Crippen molar-refractivity contribution in [3.8, 4) is 5.75 Å². The molecule has 1 aromatic carbocycles. The van der Waals surface area contributed by atoms with Gasteiger partial charge in [-0.15, -0.1) is 0 Å². The number of nitrogens with one attached hydrogen (secondary N) is 1. The minimum Gasteiger partial charge on any atom is -0.483 e. The Hall–Kier alpha value is -1.55. The maximum atomic E-state index is 11.6. The molecule has 0 aromatic heterocycles. The number of benzene rings is 1. The second kappa shape index (κ2) is 8.59. The van der Waals surface area contributed by atoms with Crippen LogP contribution < -0.4 is 10.1 Å². The highest BCUT2D eigenvalue weighted by Gasteiger charge is 2.11. The number of para-hydroxylation sites is 1. The summed E-state index contributed by atoms with van der Waals surface area (Å²) in [5.41, 5.74) is 1.13. The lowest BCUT2D eigenvalue weighted by molar-refractivity contribution is -0.123. The highest BCUT2D eigenvalue weighted by molar-refractivity contribution is 5.77. The zero-order valence-electron chi connectivity index (χ0n) is 12.6. The van der Waals surface area contributed by atoms with E-state index in [9.17, 15) is 4.79 Å². The molecule has 0 fully saturated rings. The number of hydrogen-bond donors (Lipinski definition) is 2. The van der Waals surface area contributed by atoms with Crippen molar-refractivity contribution in [1.29, 1.82) is 0 Å². The summed E-state index contributed by atoms with van der Waals surface area (Å²) in [7, 11) is 0. The van der Waals surface area contributed by atoms with Gasteiger partial charge in [-0.1, -0.05) is 32.0 Å². The lowest BCUT2D eigenvalue weighted by atomic mass is 9.98. The Morgan fingerprint density at radius 3 is 2.70 bits per heavy atom. The molecule has 1 aromatic rings. The van der Waals surface area contributed by atoms with Gasteiger partial charge in [-0.05, 0) is 37.3 Å². The fraction of sp³-hybridized carbons (Fsp3) is 0.562. The van der Waals surface area contributed by atoms with Gasteiger partial charge in [0.15, 0.2) is 6.61 Å². The quantitative estimate of drug-likeness (QED) is 0.768. The molecule has 1 amide bonds. The number of aliphatic hydroxyl groups excluding tert-OH is 1. The Kier molecular flexibility index (Phi) is 7.09. The third-order valence-corrected chi connectivity index (χ3v) is 3.31. The van der Waals surface area contributed by atoms with Crippen molar-refractivity contribution in [3.05, 3.63) is 29.8 Å². The Morgan fingerprint density at radius 1 is 1.35 bits per heavy atom. The molecule has 0 radical (unpaired) electrons. The van der Waals surface area contributed by atoms with Crippen LogP contribution in [-0.2, 0) is 4.79 Å². The van der Waals surface area contributed by atoms with Gasteiger partial charge in [0.1, 0.15) is 5.75 Å². The molecule has 0 aliphatic carbocycles. The number of aliphatic hydroxyl groups is 1. The Balaban J connectivity index is 2.47. The van der Waals surface area contributed by atoms with E-state index >= 15 is 0 Å². The molecule has 0 spiro atoms. The van der Waals surface area contributed by atoms with E-state index in [4.69, 9.17) is 9.84 Å². The van der Waals surface area contributed by atoms with Gasteiger partial charge >= 0.3 is 0 Å². The van der Waals surface area contributed by atoms with Crippen molar-refractivity contribution in [1.82, 2.24) is 5.32 Å². The van der Waals surface area contributed by atoms with Crippen molar-refractivity contribution in [2.24, 2.45) is 0 Å². The van der Waals surface area contributed by atoms with Crippen LogP contribution >= 0.6 is 0 Å². The molecular weight excluding hydrogens is 254 g/mol. The van der Waals surface area contributed by atoms with Crippen molar-refractivity contribution in [2.75, 3.05) is 13.2 Å². The average Bonchev–Trinajstić information content (AvgIpc) is 2.44. The number of hydrogen-bond acceptors (Lipinski definition) is 3. The van der Waals surface area contributed by atoms with E-state index in [0.29, 0.717) is 18.9 Å². The lowest BCUT2D eigenvalue weighted by Crippen LogP contribution is -2.31. The van der Waals surface area contributed by atoms with Gasteiger partial charge in [-0.3, -0.25) is 4.79 Å². The molecule has 2 unspecified atom stereocenters. The topological polar surface area (TPSA) is 58.6 Å². The number of ether oxygens (including phenoxy) is 1. The maximum absolute atomic E-state index is 11.6. The molecule has 2 atom stereocenters. The molecule has 0 aliphatic heterocycles. The lowest BCUT2D eigenvalue weighted by Gasteiger charge is -2.15. The Morgan fingerprint density at radius 2 is 2.05 bits per heavy atom. The maximum Gasteiger partial charge on any atom is 0.257 e. The van der Waals surface area contributed by atoms with Crippen LogP contribution in [0.3, 0.4) is 0 Å². The third kappa shape index (κ3) is 5.61. The molecule has 0 aliphatic rings. The fourth-order valence-corrected chi connectivity index (χ4v) is 1.85. The molecule has 0 saturated heterocycles. The molecule has 0 saturated carbocycles. The summed E-state index contributed by atoms with van der Waals surface area (Å²) in [6.45, 7) is 6.44. The van der Waals surface area contributed by atoms with Crippen LogP contribution in [0, 0.1) is 0 Å². The van der Waals surface area contributed by atoms with Crippen LogP contribution in [0.25, 0.3) is 0 Å². The molecule has 0 heterocycles. The van der Waals surface area contributed by atoms with Gasteiger partial charge in [0.25, 0.3) is 5.91 Å². The summed E-state index contributed by atoms with van der Waals surface area (Å²) in [5.74, 6) is 1.02. The van der Waals surface area contributed by atoms with Crippen molar-refractivity contribution in [3.63, 3.8) is 0 Å². The number of carbonyl (C=O) groups excluding carboxylic acids is 1. The SMILES string of the molecule is CCC(C)c1ccccc1OCC(=O)NCCC(C)O. The average molecular weight is 279 g/mol. The number of carbonyl (C=O) groups is 1. The smallest absolute Gasteiger partial charge is 0.257 e. The van der Waals surface area contributed by atoms with Gasteiger partial charge < -0.3 is 15.2 Å². The minimum atomic E-state index is -0.401. The normalized spacial score (nSPS) is 13.6. The summed E-state index contributed by atoms with van der Waals surface area (Å²) in [6, 6.07) is 7.82. The standard InChI is InChI=1S/C16H25NO3/c1-4-12(2)14-7-5-6-8-15(14)20-11-16(19)17-10-9-13(3)18/h5-8,12-13,18H,4,9-11H2,1-3H3,(H,17,19). The van der Waals surface area contributed by atoms with E-state index in [0.717, 1.165) is 17.7 Å². The van der Waals surface area contributed by atoms with Crippen molar-refractivity contribution >= 4 is 5.91 Å². The second-order valence-electron chi connectivity index (χ2n) is 5.12. The summed E-state index contributed by atoms with van der Waals surface area (Å²) in [4.78, 5) is 11.6. The van der Waals surface area contributed by atoms with Crippen molar-refractivity contribution < 1.29 is 14.6 Å². The molecule has 1 rings (SSSR count). The molecule has 112 valence electrons. The second-order valence-corrected chi connectivity index (χ2v) is 5.12. The molecule has 20 heavy (non-hydrogen) atoms. The van der Waals surface area contributed by atoms with Crippen molar-refractivity contribution in [2.45, 2.75) is 45.6 Å². The fourth-order valence-electron chi connectivity index (χ4n) is 1.85. The highest BCUT2D eigenvalue weighted by atomic mass is 16.5. The summed E-state index contributed by atoms with van der Waals surface area (Å²) >= 11 is 0. The monoisotopic (exact) mass is 279 g/mol. The molecule has 4 heteroatoms. The zero-order chi connectivity index (χ0) is 15.0. The summed E-state index contributed by atoms with van der Waals surface area (Å²) in [6.07, 6.45) is 1.18. The first-order chi connectivity index (χ1) is 9.54. The van der Waals surface area contributed by atoms with Gasteiger partial charge in [0.05, 0.1) is 6.10 Å².